The summed E-state index contributed by atoms with van der Waals surface area (Å²) in [6.07, 6.45) is 2.19. The van der Waals surface area contributed by atoms with E-state index in [-0.39, 0.29) is 17.5 Å². The zero-order valence-electron chi connectivity index (χ0n) is 11.9. The number of rotatable bonds is 2. The Morgan fingerprint density at radius 1 is 1.37 bits per heavy atom. The minimum Gasteiger partial charge on any atom is -0.351 e. The zero-order valence-corrected chi connectivity index (χ0v) is 11.9. The summed E-state index contributed by atoms with van der Waals surface area (Å²) in [6.45, 7) is 8.18. The third kappa shape index (κ3) is 2.24. The van der Waals surface area contributed by atoms with Gasteiger partial charge < -0.3 is 4.90 Å². The summed E-state index contributed by atoms with van der Waals surface area (Å²) in [5.41, 5.74) is 5.48. The molecule has 102 valence electrons. The highest BCUT2D eigenvalue weighted by Crippen LogP contribution is 2.39. The first-order valence-electron chi connectivity index (χ1n) is 6.47. The Kier molecular flexibility index (Phi) is 3.37. The predicted octanol–water partition coefficient (Wildman–Crippen LogP) is 2.07. The van der Waals surface area contributed by atoms with E-state index in [0.717, 1.165) is 5.69 Å². The van der Waals surface area contributed by atoms with E-state index in [2.05, 4.69) is 43.2 Å². The second-order valence-electron chi connectivity index (χ2n) is 5.55. The number of hydrogen-bond acceptors (Lipinski definition) is 3. The Balaban J connectivity index is 2.56. The maximum atomic E-state index is 11.9. The lowest BCUT2D eigenvalue weighted by molar-refractivity contribution is -0.122. The molecule has 1 atom stereocenters. The molecule has 0 bridgehead atoms. The van der Waals surface area contributed by atoms with E-state index in [0.29, 0.717) is 0 Å². The van der Waals surface area contributed by atoms with Crippen molar-refractivity contribution in [3.63, 3.8) is 0 Å². The highest BCUT2D eigenvalue weighted by Gasteiger charge is 2.36. The molecule has 1 aromatic carbocycles. The number of hydrogen-bond donors (Lipinski definition) is 2. The van der Waals surface area contributed by atoms with Gasteiger partial charge in [0.1, 0.15) is 6.04 Å². The van der Waals surface area contributed by atoms with Crippen LogP contribution in [-0.4, -0.2) is 17.5 Å². The van der Waals surface area contributed by atoms with Crippen LogP contribution in [0.15, 0.2) is 30.3 Å². The van der Waals surface area contributed by atoms with Crippen LogP contribution in [0.3, 0.4) is 0 Å². The van der Waals surface area contributed by atoms with Crippen molar-refractivity contribution in [1.82, 2.24) is 5.43 Å². The molecule has 3 N–H and O–H groups in total. The standard InChI is InChI=1S/C15H21N3O/c1-10-9-15(3,4)18(11(2)14(19)17-16)13-8-6-5-7-12(10)13/h5-9,11H,16H2,1-4H3,(H,17,19)/t11-/m0/s1. The maximum Gasteiger partial charge on any atom is 0.256 e. The van der Waals surface area contributed by atoms with E-state index in [9.17, 15) is 4.79 Å². The number of allylic oxidation sites excluding steroid dienone is 1. The van der Waals surface area contributed by atoms with Crippen molar-refractivity contribution in [3.8, 4) is 0 Å². The smallest absolute Gasteiger partial charge is 0.256 e. The van der Waals surface area contributed by atoms with Crippen molar-refractivity contribution in [1.29, 1.82) is 0 Å². The molecule has 1 heterocycles. The average molecular weight is 259 g/mol. The molecule has 0 aromatic heterocycles. The van der Waals surface area contributed by atoms with Gasteiger partial charge in [-0.15, -0.1) is 0 Å². The SMILES string of the molecule is CC1=CC(C)(C)N([C@@H](C)C(=O)NN)c2ccccc21. The van der Waals surface area contributed by atoms with E-state index in [1.54, 1.807) is 0 Å². The van der Waals surface area contributed by atoms with Gasteiger partial charge in [-0.1, -0.05) is 24.3 Å². The molecule has 0 saturated heterocycles. The normalized spacial score (nSPS) is 18.4. The molecule has 1 aliphatic rings. The summed E-state index contributed by atoms with van der Waals surface area (Å²) in [5.74, 6) is 5.09. The summed E-state index contributed by atoms with van der Waals surface area (Å²) in [5, 5.41) is 0. The fourth-order valence-electron chi connectivity index (χ4n) is 2.95. The largest absolute Gasteiger partial charge is 0.351 e. The lowest BCUT2D eigenvalue weighted by Crippen LogP contribution is -2.56. The summed E-state index contributed by atoms with van der Waals surface area (Å²) in [7, 11) is 0. The Labute approximate surface area is 114 Å². The van der Waals surface area contributed by atoms with Crippen molar-refractivity contribution in [2.45, 2.75) is 39.3 Å². The van der Waals surface area contributed by atoms with Gasteiger partial charge in [0.15, 0.2) is 0 Å². The van der Waals surface area contributed by atoms with Crippen molar-refractivity contribution in [2.24, 2.45) is 5.84 Å². The number of carbonyl (C=O) groups excluding carboxylic acids is 1. The van der Waals surface area contributed by atoms with Crippen LogP contribution in [0.5, 0.6) is 0 Å². The van der Waals surface area contributed by atoms with Gasteiger partial charge in [-0.3, -0.25) is 10.2 Å². The van der Waals surface area contributed by atoms with Gasteiger partial charge >= 0.3 is 0 Å². The number of hydrazine groups is 1. The number of nitrogens with zero attached hydrogens (tertiary/aromatic N) is 1. The molecule has 4 nitrogen and oxygen atoms in total. The predicted molar refractivity (Wildman–Crippen MR) is 78.4 cm³/mol. The van der Waals surface area contributed by atoms with Crippen molar-refractivity contribution in [2.75, 3.05) is 4.90 Å². The zero-order chi connectivity index (χ0) is 14.2. The highest BCUT2D eigenvalue weighted by atomic mass is 16.2. The molecule has 0 aliphatic carbocycles. The van der Waals surface area contributed by atoms with Crippen LogP contribution in [0.1, 0.15) is 33.3 Å². The Morgan fingerprint density at radius 2 is 2.00 bits per heavy atom. The number of nitrogens with one attached hydrogen (secondary N) is 1. The minimum atomic E-state index is -0.328. The molecule has 0 unspecified atom stereocenters. The summed E-state index contributed by atoms with van der Waals surface area (Å²) >= 11 is 0. The van der Waals surface area contributed by atoms with Crippen LogP contribution in [-0.2, 0) is 4.79 Å². The summed E-state index contributed by atoms with van der Waals surface area (Å²) in [4.78, 5) is 14.0. The highest BCUT2D eigenvalue weighted by molar-refractivity contribution is 5.89. The van der Waals surface area contributed by atoms with Crippen LogP contribution in [0, 0.1) is 0 Å². The third-order valence-electron chi connectivity index (χ3n) is 3.69. The van der Waals surface area contributed by atoms with Gasteiger partial charge in [-0.25, -0.2) is 5.84 Å². The maximum absolute atomic E-state index is 11.9. The Bertz CT molecular complexity index is 534. The molecule has 0 radical (unpaired) electrons. The molecular formula is C15H21N3O. The van der Waals surface area contributed by atoms with Gasteiger partial charge in [-0.05, 0) is 39.3 Å². The van der Waals surface area contributed by atoms with Crippen LogP contribution in [0.2, 0.25) is 0 Å². The van der Waals surface area contributed by atoms with Gasteiger partial charge in [0.05, 0.1) is 5.54 Å². The molecule has 0 spiro atoms. The molecule has 1 aliphatic heterocycles. The number of benzene rings is 1. The number of nitrogens with two attached hydrogens (primary N) is 1. The molecule has 4 heteroatoms. The fourth-order valence-corrected chi connectivity index (χ4v) is 2.95. The Morgan fingerprint density at radius 3 is 2.63 bits per heavy atom. The van der Waals surface area contributed by atoms with Crippen LogP contribution in [0.4, 0.5) is 5.69 Å². The molecule has 19 heavy (non-hydrogen) atoms. The van der Waals surface area contributed by atoms with E-state index in [1.807, 2.05) is 25.1 Å². The number of anilines is 1. The molecule has 0 saturated carbocycles. The third-order valence-corrected chi connectivity index (χ3v) is 3.69. The first-order valence-corrected chi connectivity index (χ1v) is 6.47. The van der Waals surface area contributed by atoms with E-state index in [4.69, 9.17) is 5.84 Å². The van der Waals surface area contributed by atoms with E-state index >= 15 is 0 Å². The molecular weight excluding hydrogens is 238 g/mol. The second kappa shape index (κ2) is 4.70. The van der Waals surface area contributed by atoms with Crippen LogP contribution in [0.25, 0.3) is 5.57 Å². The van der Waals surface area contributed by atoms with Gasteiger partial charge in [0.25, 0.3) is 5.91 Å². The van der Waals surface area contributed by atoms with Crippen molar-refractivity contribution < 1.29 is 4.79 Å². The molecule has 0 fully saturated rings. The topological polar surface area (TPSA) is 58.4 Å². The fraction of sp³-hybridized carbons (Fsp3) is 0.400. The van der Waals surface area contributed by atoms with Crippen LogP contribution < -0.4 is 16.2 Å². The average Bonchev–Trinajstić information content (AvgIpc) is 2.36. The van der Waals surface area contributed by atoms with Gasteiger partial charge in [0, 0.05) is 11.3 Å². The summed E-state index contributed by atoms with van der Waals surface area (Å²) < 4.78 is 0. The molecule has 1 amide bonds. The van der Waals surface area contributed by atoms with Gasteiger partial charge in [-0.2, -0.15) is 0 Å². The number of carbonyl (C=O) groups is 1. The van der Waals surface area contributed by atoms with Crippen molar-refractivity contribution in [3.05, 3.63) is 35.9 Å². The second-order valence-corrected chi connectivity index (χ2v) is 5.55. The lowest BCUT2D eigenvalue weighted by atomic mass is 9.87. The monoisotopic (exact) mass is 259 g/mol. The molecule has 2 rings (SSSR count). The first-order chi connectivity index (χ1) is 8.88. The summed E-state index contributed by atoms with van der Waals surface area (Å²) in [6, 6.07) is 7.81. The Hall–Kier alpha value is -1.81. The lowest BCUT2D eigenvalue weighted by Gasteiger charge is -2.46. The number of fused-ring (bicyclic) bond motifs is 1. The van der Waals surface area contributed by atoms with Gasteiger partial charge in [0.2, 0.25) is 0 Å². The van der Waals surface area contributed by atoms with E-state index < -0.39 is 0 Å². The van der Waals surface area contributed by atoms with Crippen molar-refractivity contribution >= 4 is 17.2 Å². The van der Waals surface area contributed by atoms with E-state index in [1.165, 1.54) is 11.1 Å². The quantitative estimate of drug-likeness (QED) is 0.485. The first kappa shape index (κ1) is 13.6. The number of para-hydroxylation sites is 1. The van der Waals surface area contributed by atoms with Crippen LogP contribution >= 0.6 is 0 Å². The minimum absolute atomic E-state index is 0.184. The molecule has 1 aromatic rings. The number of amides is 1.